The number of aromatic nitrogens is 2. The number of nitrogens with zero attached hydrogens (tertiary/aromatic N) is 3. The number of benzene rings is 3. The number of fused-ring (bicyclic) bond motifs is 1. The summed E-state index contributed by atoms with van der Waals surface area (Å²) in [5.74, 6) is 1.57. The molecule has 0 saturated heterocycles. The highest BCUT2D eigenvalue weighted by Gasteiger charge is 2.18. The fraction of sp³-hybridized carbons (Fsp3) is 0.250. The summed E-state index contributed by atoms with van der Waals surface area (Å²) in [6.07, 6.45) is 0. The largest absolute Gasteiger partial charge is 0.497 e. The molecule has 7 nitrogen and oxygen atoms in total. The number of hydrogen-bond acceptors (Lipinski definition) is 6. The van der Waals surface area contributed by atoms with Crippen molar-refractivity contribution in [2.75, 3.05) is 27.3 Å². The Labute approximate surface area is 225 Å². The molecule has 1 heterocycles. The van der Waals surface area contributed by atoms with Crippen molar-refractivity contribution in [3.8, 4) is 17.2 Å². The standard InChI is InChI=1S/C28H28ClN3O4S/c1-5-31(6-2)26(33)19-9-12-24-25(13-19)30-28(37-17-18-7-10-20(29)11-8-18)32(27(24)34)21-14-22(35-3)16-23(15-21)36-4/h7-16H,5-6,17H2,1-4H3. The number of thioether (sulfide) groups is 1. The topological polar surface area (TPSA) is 73.7 Å². The Morgan fingerprint density at radius 3 is 2.22 bits per heavy atom. The first kappa shape index (κ1) is 26.6. The monoisotopic (exact) mass is 537 g/mol. The molecule has 37 heavy (non-hydrogen) atoms. The van der Waals surface area contributed by atoms with E-state index in [0.29, 0.717) is 62.7 Å². The second-order valence-electron chi connectivity index (χ2n) is 8.23. The molecule has 0 fully saturated rings. The lowest BCUT2D eigenvalue weighted by atomic mass is 10.1. The van der Waals surface area contributed by atoms with Gasteiger partial charge >= 0.3 is 0 Å². The molecule has 192 valence electrons. The highest BCUT2D eigenvalue weighted by Crippen LogP contribution is 2.30. The smallest absolute Gasteiger partial charge is 0.266 e. The van der Waals surface area contributed by atoms with Gasteiger partial charge in [-0.1, -0.05) is 35.5 Å². The Bertz CT molecular complexity index is 1460. The summed E-state index contributed by atoms with van der Waals surface area (Å²) in [6, 6.07) is 17.9. The van der Waals surface area contributed by atoms with Crippen molar-refractivity contribution >= 4 is 40.2 Å². The van der Waals surface area contributed by atoms with E-state index in [1.165, 1.54) is 11.8 Å². The van der Waals surface area contributed by atoms with Crippen molar-refractivity contribution in [2.24, 2.45) is 0 Å². The molecule has 0 saturated carbocycles. The number of halogens is 1. The minimum Gasteiger partial charge on any atom is -0.497 e. The van der Waals surface area contributed by atoms with E-state index < -0.39 is 0 Å². The number of carbonyl (C=O) groups is 1. The van der Waals surface area contributed by atoms with Crippen LogP contribution in [0.25, 0.3) is 16.6 Å². The zero-order chi connectivity index (χ0) is 26.5. The number of hydrogen-bond donors (Lipinski definition) is 0. The van der Waals surface area contributed by atoms with E-state index in [2.05, 4.69) is 0 Å². The normalized spacial score (nSPS) is 10.9. The second-order valence-corrected chi connectivity index (χ2v) is 9.61. The predicted molar refractivity (Wildman–Crippen MR) is 149 cm³/mol. The Morgan fingerprint density at radius 2 is 1.62 bits per heavy atom. The van der Waals surface area contributed by atoms with Crippen LogP contribution in [0.5, 0.6) is 11.5 Å². The van der Waals surface area contributed by atoms with Gasteiger partial charge in [0.2, 0.25) is 0 Å². The van der Waals surface area contributed by atoms with Crippen LogP contribution in [0.3, 0.4) is 0 Å². The molecule has 4 aromatic rings. The summed E-state index contributed by atoms with van der Waals surface area (Å²) < 4.78 is 12.4. The van der Waals surface area contributed by atoms with Gasteiger partial charge < -0.3 is 14.4 Å². The molecule has 0 radical (unpaired) electrons. The van der Waals surface area contributed by atoms with Gasteiger partial charge in [0.25, 0.3) is 11.5 Å². The molecule has 0 aliphatic rings. The molecule has 0 bridgehead atoms. The third kappa shape index (κ3) is 5.76. The zero-order valence-corrected chi connectivity index (χ0v) is 22.7. The van der Waals surface area contributed by atoms with Crippen LogP contribution in [-0.4, -0.2) is 47.7 Å². The summed E-state index contributed by atoms with van der Waals surface area (Å²) in [5, 5.41) is 1.55. The molecule has 0 spiro atoms. The number of ether oxygens (including phenoxy) is 2. The van der Waals surface area contributed by atoms with Crippen LogP contribution in [0.1, 0.15) is 29.8 Å². The van der Waals surface area contributed by atoms with E-state index in [9.17, 15) is 9.59 Å². The summed E-state index contributed by atoms with van der Waals surface area (Å²) in [7, 11) is 3.12. The predicted octanol–water partition coefficient (Wildman–Crippen LogP) is 5.83. The minimum atomic E-state index is -0.249. The van der Waals surface area contributed by atoms with Crippen molar-refractivity contribution in [1.29, 1.82) is 0 Å². The van der Waals surface area contributed by atoms with Crippen molar-refractivity contribution < 1.29 is 14.3 Å². The second kappa shape index (κ2) is 11.7. The van der Waals surface area contributed by atoms with Gasteiger partial charge in [0.15, 0.2) is 5.16 Å². The number of amides is 1. The van der Waals surface area contributed by atoms with Crippen molar-refractivity contribution in [2.45, 2.75) is 24.8 Å². The molecule has 9 heteroatoms. The van der Waals surface area contributed by atoms with Crippen molar-refractivity contribution in [3.63, 3.8) is 0 Å². The van der Waals surface area contributed by atoms with E-state index in [1.54, 1.807) is 60.1 Å². The lowest BCUT2D eigenvalue weighted by Crippen LogP contribution is -2.30. The number of rotatable bonds is 9. The fourth-order valence-corrected chi connectivity index (χ4v) is 5.06. The lowest BCUT2D eigenvalue weighted by Gasteiger charge is -2.19. The van der Waals surface area contributed by atoms with Crippen molar-refractivity contribution in [3.05, 3.63) is 87.2 Å². The van der Waals surface area contributed by atoms with Crippen LogP contribution < -0.4 is 15.0 Å². The van der Waals surface area contributed by atoms with Gasteiger partial charge in [-0.25, -0.2) is 4.98 Å². The van der Waals surface area contributed by atoms with Gasteiger partial charge in [-0.3, -0.25) is 14.2 Å². The summed E-state index contributed by atoms with van der Waals surface area (Å²) >= 11 is 7.46. The number of carbonyl (C=O) groups excluding carboxylic acids is 1. The molecule has 0 unspecified atom stereocenters. The molecular weight excluding hydrogens is 510 g/mol. The van der Waals surface area contributed by atoms with Gasteiger partial charge in [-0.15, -0.1) is 0 Å². The molecule has 0 N–H and O–H groups in total. The fourth-order valence-electron chi connectivity index (χ4n) is 3.97. The molecule has 0 aliphatic heterocycles. The summed E-state index contributed by atoms with van der Waals surface area (Å²) in [5.41, 5.74) is 2.31. The Kier molecular flexibility index (Phi) is 8.41. The van der Waals surface area contributed by atoms with E-state index in [1.807, 2.05) is 38.1 Å². The average Bonchev–Trinajstić information content (AvgIpc) is 2.92. The van der Waals surface area contributed by atoms with Gasteiger partial charge in [-0.2, -0.15) is 0 Å². The van der Waals surface area contributed by atoms with E-state index in [4.69, 9.17) is 26.1 Å². The molecular formula is C28H28ClN3O4S. The Morgan fingerprint density at radius 1 is 0.973 bits per heavy atom. The van der Waals surface area contributed by atoms with E-state index >= 15 is 0 Å². The van der Waals surface area contributed by atoms with Crippen LogP contribution in [0.4, 0.5) is 0 Å². The molecule has 4 rings (SSSR count). The first-order valence-corrected chi connectivity index (χ1v) is 13.2. The maximum absolute atomic E-state index is 13.8. The van der Waals surface area contributed by atoms with Crippen LogP contribution in [0, 0.1) is 0 Å². The van der Waals surface area contributed by atoms with Crippen molar-refractivity contribution in [1.82, 2.24) is 14.5 Å². The highest BCUT2D eigenvalue weighted by atomic mass is 35.5. The SMILES string of the molecule is CCN(CC)C(=O)c1ccc2c(=O)n(-c3cc(OC)cc(OC)c3)c(SCc3ccc(Cl)cc3)nc2c1. The Hall–Kier alpha value is -3.49. The third-order valence-electron chi connectivity index (χ3n) is 6.01. The quantitative estimate of drug-likeness (QED) is 0.197. The Balaban J connectivity index is 1.88. The molecule has 1 amide bonds. The van der Waals surface area contributed by atoms with E-state index in [-0.39, 0.29) is 11.5 Å². The molecule has 0 atom stereocenters. The van der Waals surface area contributed by atoms with Crippen LogP contribution in [0.15, 0.2) is 70.6 Å². The van der Waals surface area contributed by atoms with Gasteiger partial charge in [0.1, 0.15) is 11.5 Å². The maximum atomic E-state index is 13.8. The molecule has 1 aromatic heterocycles. The lowest BCUT2D eigenvalue weighted by molar-refractivity contribution is 0.0773. The first-order chi connectivity index (χ1) is 17.9. The van der Waals surface area contributed by atoms with Crippen LogP contribution >= 0.6 is 23.4 Å². The summed E-state index contributed by atoms with van der Waals surface area (Å²) in [4.78, 5) is 33.4. The zero-order valence-electron chi connectivity index (χ0n) is 21.2. The minimum absolute atomic E-state index is 0.0919. The molecule has 0 aliphatic carbocycles. The highest BCUT2D eigenvalue weighted by molar-refractivity contribution is 7.98. The number of methoxy groups -OCH3 is 2. The van der Waals surface area contributed by atoms with Gasteiger partial charge in [0.05, 0.1) is 30.8 Å². The summed E-state index contributed by atoms with van der Waals surface area (Å²) in [6.45, 7) is 5.07. The maximum Gasteiger partial charge on any atom is 0.266 e. The van der Waals surface area contributed by atoms with Gasteiger partial charge in [-0.05, 0) is 49.7 Å². The van der Waals surface area contributed by atoms with Crippen LogP contribution in [0.2, 0.25) is 5.02 Å². The third-order valence-corrected chi connectivity index (χ3v) is 7.27. The van der Waals surface area contributed by atoms with E-state index in [0.717, 1.165) is 5.56 Å². The van der Waals surface area contributed by atoms with Crippen LogP contribution in [-0.2, 0) is 5.75 Å². The average molecular weight is 538 g/mol. The van der Waals surface area contributed by atoms with Gasteiger partial charge in [0, 0.05) is 47.6 Å². The molecule has 3 aromatic carbocycles. The first-order valence-electron chi connectivity index (χ1n) is 11.8.